The summed E-state index contributed by atoms with van der Waals surface area (Å²) >= 11 is 7.96. The summed E-state index contributed by atoms with van der Waals surface area (Å²) in [5.41, 5.74) is 1.90. The van der Waals surface area contributed by atoms with Gasteiger partial charge in [0.25, 0.3) is 5.91 Å². The molecule has 0 saturated heterocycles. The van der Waals surface area contributed by atoms with Crippen LogP contribution < -0.4 is 10.1 Å². The highest BCUT2D eigenvalue weighted by Crippen LogP contribution is 2.26. The van der Waals surface area contributed by atoms with E-state index < -0.39 is 6.10 Å². The summed E-state index contributed by atoms with van der Waals surface area (Å²) in [6.07, 6.45) is -0.528. The van der Waals surface area contributed by atoms with Crippen LogP contribution in [0.15, 0.2) is 12.1 Å². The van der Waals surface area contributed by atoms with Gasteiger partial charge in [0.2, 0.25) is 0 Å². The van der Waals surface area contributed by atoms with Crippen molar-refractivity contribution in [3.05, 3.63) is 28.3 Å². The van der Waals surface area contributed by atoms with Crippen molar-refractivity contribution in [1.82, 2.24) is 5.32 Å². The Morgan fingerprint density at radius 3 is 2.36 bits per heavy atom. The molecule has 0 aliphatic rings. The predicted octanol–water partition coefficient (Wildman–Crippen LogP) is 4.37. The summed E-state index contributed by atoms with van der Waals surface area (Å²) in [5.74, 6) is 1.46. The smallest absolute Gasteiger partial charge is 0.260 e. The molecule has 0 aliphatic carbocycles. The Labute approximate surface area is 143 Å². The molecule has 0 fully saturated rings. The van der Waals surface area contributed by atoms with Crippen LogP contribution in [-0.2, 0) is 4.79 Å². The Morgan fingerprint density at radius 1 is 1.32 bits per heavy atom. The van der Waals surface area contributed by atoms with Crippen molar-refractivity contribution in [3.63, 3.8) is 0 Å². The Kier molecular flexibility index (Phi) is 7.07. The molecular formula is C17H26ClNO2S. The number of ether oxygens (including phenoxy) is 1. The Bertz CT molecular complexity index is 503. The molecule has 0 radical (unpaired) electrons. The van der Waals surface area contributed by atoms with Crippen molar-refractivity contribution in [1.29, 1.82) is 0 Å². The van der Waals surface area contributed by atoms with Crippen molar-refractivity contribution in [2.24, 2.45) is 0 Å². The second-order valence-corrected chi connectivity index (χ2v) is 8.68. The second-order valence-electron chi connectivity index (χ2n) is 6.38. The molecule has 5 heteroatoms. The summed E-state index contributed by atoms with van der Waals surface area (Å²) in [7, 11) is 0. The van der Waals surface area contributed by atoms with Crippen molar-refractivity contribution in [2.75, 3.05) is 12.3 Å². The molecular weight excluding hydrogens is 318 g/mol. The first-order valence-electron chi connectivity index (χ1n) is 7.45. The number of benzene rings is 1. The van der Waals surface area contributed by atoms with Gasteiger partial charge in [0, 0.05) is 22.1 Å². The molecule has 0 spiro atoms. The van der Waals surface area contributed by atoms with Gasteiger partial charge in [-0.1, -0.05) is 32.4 Å². The van der Waals surface area contributed by atoms with Gasteiger partial charge in [-0.3, -0.25) is 4.79 Å². The zero-order chi connectivity index (χ0) is 16.9. The third kappa shape index (κ3) is 6.49. The van der Waals surface area contributed by atoms with Crippen LogP contribution in [0.2, 0.25) is 5.02 Å². The SMILES string of the molecule is Cc1cc(O[C@H](C)C(=O)NCCSC(C)(C)C)cc(C)c1Cl. The minimum absolute atomic E-state index is 0.0974. The van der Waals surface area contributed by atoms with Gasteiger partial charge in [-0.2, -0.15) is 11.8 Å². The van der Waals surface area contributed by atoms with E-state index in [1.807, 2.05) is 37.7 Å². The molecule has 0 saturated carbocycles. The zero-order valence-corrected chi connectivity index (χ0v) is 15.8. The molecule has 1 N–H and O–H groups in total. The fourth-order valence-corrected chi connectivity index (χ4v) is 2.83. The number of carbonyl (C=O) groups is 1. The van der Waals surface area contributed by atoms with Gasteiger partial charge in [0.15, 0.2) is 6.10 Å². The van der Waals surface area contributed by atoms with Gasteiger partial charge in [-0.15, -0.1) is 0 Å². The van der Waals surface area contributed by atoms with E-state index in [9.17, 15) is 4.79 Å². The molecule has 0 unspecified atom stereocenters. The van der Waals surface area contributed by atoms with Crippen LogP contribution in [0.25, 0.3) is 0 Å². The van der Waals surface area contributed by atoms with E-state index in [1.165, 1.54) is 0 Å². The number of amides is 1. The minimum atomic E-state index is -0.528. The number of carbonyl (C=O) groups excluding carboxylic acids is 1. The molecule has 0 bridgehead atoms. The van der Waals surface area contributed by atoms with Crippen LogP contribution in [0, 0.1) is 13.8 Å². The van der Waals surface area contributed by atoms with Crippen molar-refractivity contribution < 1.29 is 9.53 Å². The molecule has 0 aliphatic heterocycles. The van der Waals surface area contributed by atoms with Gasteiger partial charge in [0.1, 0.15) is 5.75 Å². The van der Waals surface area contributed by atoms with Crippen LogP contribution in [0.3, 0.4) is 0 Å². The van der Waals surface area contributed by atoms with Crippen molar-refractivity contribution in [3.8, 4) is 5.75 Å². The largest absolute Gasteiger partial charge is 0.481 e. The van der Waals surface area contributed by atoms with Crippen LogP contribution in [-0.4, -0.2) is 29.1 Å². The second kappa shape index (κ2) is 8.11. The highest BCUT2D eigenvalue weighted by molar-refractivity contribution is 8.00. The Morgan fingerprint density at radius 2 is 1.86 bits per heavy atom. The van der Waals surface area contributed by atoms with E-state index in [4.69, 9.17) is 16.3 Å². The van der Waals surface area contributed by atoms with E-state index in [-0.39, 0.29) is 10.7 Å². The quantitative estimate of drug-likeness (QED) is 0.779. The first-order valence-corrected chi connectivity index (χ1v) is 8.81. The predicted molar refractivity (Wildman–Crippen MR) is 96.2 cm³/mol. The van der Waals surface area contributed by atoms with Gasteiger partial charge >= 0.3 is 0 Å². The number of halogens is 1. The minimum Gasteiger partial charge on any atom is -0.481 e. The van der Waals surface area contributed by atoms with Crippen molar-refractivity contribution in [2.45, 2.75) is 52.4 Å². The van der Waals surface area contributed by atoms with Gasteiger partial charge in [-0.25, -0.2) is 0 Å². The molecule has 1 aromatic carbocycles. The Balaban J connectivity index is 2.48. The number of hydrogen-bond donors (Lipinski definition) is 1. The number of nitrogens with one attached hydrogen (secondary N) is 1. The third-order valence-corrected chi connectivity index (χ3v) is 4.90. The first kappa shape index (κ1) is 19.2. The third-order valence-electron chi connectivity index (χ3n) is 3.03. The zero-order valence-electron chi connectivity index (χ0n) is 14.2. The summed E-state index contributed by atoms with van der Waals surface area (Å²) in [4.78, 5) is 12.0. The maximum Gasteiger partial charge on any atom is 0.260 e. The van der Waals surface area contributed by atoms with Gasteiger partial charge in [-0.05, 0) is 44.0 Å². The van der Waals surface area contributed by atoms with Crippen LogP contribution in [0.1, 0.15) is 38.8 Å². The lowest BCUT2D eigenvalue weighted by Gasteiger charge is -2.19. The number of aryl methyl sites for hydroxylation is 2. The van der Waals surface area contributed by atoms with Crippen LogP contribution in [0.4, 0.5) is 0 Å². The molecule has 1 rings (SSSR count). The fraction of sp³-hybridized carbons (Fsp3) is 0.588. The van der Waals surface area contributed by atoms with E-state index in [0.29, 0.717) is 12.3 Å². The molecule has 124 valence electrons. The lowest BCUT2D eigenvalue weighted by molar-refractivity contribution is -0.127. The topological polar surface area (TPSA) is 38.3 Å². The van der Waals surface area contributed by atoms with Gasteiger partial charge in [0.05, 0.1) is 0 Å². The molecule has 22 heavy (non-hydrogen) atoms. The number of thioether (sulfide) groups is 1. The average molecular weight is 344 g/mol. The maximum absolute atomic E-state index is 12.0. The van der Waals surface area contributed by atoms with Crippen molar-refractivity contribution >= 4 is 29.3 Å². The normalized spacial score (nSPS) is 12.9. The summed E-state index contributed by atoms with van der Waals surface area (Å²) < 4.78 is 5.93. The lowest BCUT2D eigenvalue weighted by Crippen LogP contribution is -2.37. The molecule has 1 aromatic rings. The maximum atomic E-state index is 12.0. The molecule has 1 amide bonds. The molecule has 1 atom stereocenters. The summed E-state index contributed by atoms with van der Waals surface area (Å²) in [6.45, 7) is 12.7. The van der Waals surface area contributed by atoms with E-state index >= 15 is 0 Å². The highest BCUT2D eigenvalue weighted by Gasteiger charge is 2.16. The number of hydrogen-bond acceptors (Lipinski definition) is 3. The molecule has 0 aromatic heterocycles. The lowest BCUT2D eigenvalue weighted by atomic mass is 10.1. The molecule has 0 heterocycles. The summed E-state index contributed by atoms with van der Waals surface area (Å²) in [6, 6.07) is 3.71. The van der Waals surface area contributed by atoms with Gasteiger partial charge < -0.3 is 10.1 Å². The van der Waals surface area contributed by atoms with E-state index in [1.54, 1.807) is 6.92 Å². The first-order chi connectivity index (χ1) is 10.1. The molecule has 3 nitrogen and oxygen atoms in total. The Hall–Kier alpha value is -0.870. The highest BCUT2D eigenvalue weighted by atomic mass is 35.5. The standard InChI is InChI=1S/C17H26ClNO2S/c1-11-9-14(10-12(2)15(11)18)21-13(3)16(20)19-7-8-22-17(4,5)6/h9-10,13H,7-8H2,1-6H3,(H,19,20)/t13-/m1/s1. The summed E-state index contributed by atoms with van der Waals surface area (Å²) in [5, 5.41) is 3.64. The average Bonchev–Trinajstić information content (AvgIpc) is 2.39. The van der Waals surface area contributed by atoms with E-state index in [0.717, 1.165) is 21.9 Å². The fourth-order valence-electron chi connectivity index (χ4n) is 1.91. The van der Waals surface area contributed by atoms with E-state index in [2.05, 4.69) is 26.1 Å². The monoisotopic (exact) mass is 343 g/mol. The number of rotatable bonds is 6. The van der Waals surface area contributed by atoms with Crippen LogP contribution >= 0.6 is 23.4 Å². The van der Waals surface area contributed by atoms with Crippen LogP contribution in [0.5, 0.6) is 5.75 Å².